The molecule has 0 aliphatic carbocycles. The lowest BCUT2D eigenvalue weighted by Crippen LogP contribution is -2.04. The fourth-order valence-corrected chi connectivity index (χ4v) is 2.27. The number of hydrogen-bond donors (Lipinski definition) is 0. The predicted molar refractivity (Wildman–Crippen MR) is 87.2 cm³/mol. The third kappa shape index (κ3) is 4.24. The summed E-state index contributed by atoms with van der Waals surface area (Å²) in [6.45, 7) is 7.22. The molecule has 2 rings (SSSR count). The average Bonchev–Trinajstić information content (AvgIpc) is 2.95. The van der Waals surface area contributed by atoms with E-state index in [0.717, 1.165) is 28.1 Å². The number of ether oxygens (including phenoxy) is 2. The molecule has 0 aliphatic heterocycles. The summed E-state index contributed by atoms with van der Waals surface area (Å²) in [7, 11) is 0. The maximum atomic E-state index is 5.85. The number of rotatable bonds is 7. The molecule has 0 unspecified atom stereocenters. The Balaban J connectivity index is 2.07. The van der Waals surface area contributed by atoms with Crippen LogP contribution in [0.15, 0.2) is 30.5 Å². The number of nitrogens with zero attached hydrogens (tertiary/aromatic N) is 2. The van der Waals surface area contributed by atoms with Gasteiger partial charge in [0.25, 0.3) is 0 Å². The molecular formula is C16H21BrN2O2. The Hall–Kier alpha value is -1.49. The fraction of sp³-hybridized carbons (Fsp3) is 0.438. The first-order valence-electron chi connectivity index (χ1n) is 7.12. The van der Waals surface area contributed by atoms with Crippen molar-refractivity contribution in [1.82, 2.24) is 9.78 Å². The minimum atomic E-state index is 0.357. The lowest BCUT2D eigenvalue weighted by atomic mass is 10.2. The lowest BCUT2D eigenvalue weighted by Gasteiger charge is -2.12. The van der Waals surface area contributed by atoms with Crippen LogP contribution in [0.2, 0.25) is 0 Å². The van der Waals surface area contributed by atoms with Gasteiger partial charge in [0.2, 0.25) is 0 Å². The van der Waals surface area contributed by atoms with Crippen molar-refractivity contribution < 1.29 is 9.47 Å². The van der Waals surface area contributed by atoms with Gasteiger partial charge < -0.3 is 9.47 Å². The molecule has 0 bridgehead atoms. The molecule has 0 saturated heterocycles. The van der Waals surface area contributed by atoms with Gasteiger partial charge in [0.1, 0.15) is 6.61 Å². The van der Waals surface area contributed by atoms with E-state index in [4.69, 9.17) is 9.47 Å². The average molecular weight is 353 g/mol. The SMILES string of the molecule is CCOc1cc(CBr)ccc1OCc1ccn(C(C)C)n1. The Bertz CT molecular complexity index is 581. The summed E-state index contributed by atoms with van der Waals surface area (Å²) in [4.78, 5) is 0. The quantitative estimate of drug-likeness (QED) is 0.695. The third-order valence-electron chi connectivity index (χ3n) is 3.03. The Kier molecular flexibility index (Phi) is 5.67. The molecular weight excluding hydrogens is 332 g/mol. The minimum absolute atomic E-state index is 0.357. The minimum Gasteiger partial charge on any atom is -0.490 e. The number of halogens is 1. The van der Waals surface area contributed by atoms with E-state index in [1.54, 1.807) is 0 Å². The molecule has 0 fully saturated rings. The Morgan fingerprint density at radius 2 is 2.00 bits per heavy atom. The fourth-order valence-electron chi connectivity index (χ4n) is 1.92. The molecule has 2 aromatic rings. The molecule has 1 aromatic heterocycles. The highest BCUT2D eigenvalue weighted by atomic mass is 79.9. The topological polar surface area (TPSA) is 36.3 Å². The summed E-state index contributed by atoms with van der Waals surface area (Å²) in [5.74, 6) is 1.53. The zero-order valence-electron chi connectivity index (χ0n) is 12.7. The second kappa shape index (κ2) is 7.50. The first-order valence-corrected chi connectivity index (χ1v) is 8.24. The van der Waals surface area contributed by atoms with Crippen LogP contribution in [0.1, 0.15) is 38.1 Å². The number of alkyl halides is 1. The van der Waals surface area contributed by atoms with Crippen molar-refractivity contribution in [3.63, 3.8) is 0 Å². The maximum Gasteiger partial charge on any atom is 0.161 e. The smallest absolute Gasteiger partial charge is 0.161 e. The van der Waals surface area contributed by atoms with Gasteiger partial charge in [-0.05, 0) is 44.5 Å². The van der Waals surface area contributed by atoms with Gasteiger partial charge in [-0.2, -0.15) is 5.10 Å². The van der Waals surface area contributed by atoms with E-state index in [-0.39, 0.29) is 0 Å². The standard InChI is InChI=1S/C16H21BrN2O2/c1-4-20-16-9-13(10-17)5-6-15(16)21-11-14-7-8-19(18-14)12(2)3/h5-9,12H,4,10-11H2,1-3H3. The van der Waals surface area contributed by atoms with E-state index in [1.807, 2.05) is 42.1 Å². The zero-order valence-corrected chi connectivity index (χ0v) is 14.3. The van der Waals surface area contributed by atoms with Crippen LogP contribution in [0.4, 0.5) is 0 Å². The van der Waals surface area contributed by atoms with Crippen LogP contribution in [0.3, 0.4) is 0 Å². The van der Waals surface area contributed by atoms with Crippen molar-refractivity contribution in [2.45, 2.75) is 38.8 Å². The van der Waals surface area contributed by atoms with Crippen LogP contribution in [0, 0.1) is 0 Å². The molecule has 21 heavy (non-hydrogen) atoms. The molecule has 4 nitrogen and oxygen atoms in total. The highest BCUT2D eigenvalue weighted by molar-refractivity contribution is 9.08. The molecule has 0 radical (unpaired) electrons. The van der Waals surface area contributed by atoms with Gasteiger partial charge in [-0.3, -0.25) is 4.68 Å². The van der Waals surface area contributed by atoms with Gasteiger partial charge in [-0.1, -0.05) is 22.0 Å². The molecule has 0 amide bonds. The van der Waals surface area contributed by atoms with Crippen molar-refractivity contribution >= 4 is 15.9 Å². The first-order chi connectivity index (χ1) is 10.1. The predicted octanol–water partition coefficient (Wildman–Crippen LogP) is 4.34. The summed E-state index contributed by atoms with van der Waals surface area (Å²) >= 11 is 3.45. The third-order valence-corrected chi connectivity index (χ3v) is 3.68. The summed E-state index contributed by atoms with van der Waals surface area (Å²) in [5.41, 5.74) is 2.07. The van der Waals surface area contributed by atoms with Crippen molar-refractivity contribution in [3.05, 3.63) is 41.7 Å². The van der Waals surface area contributed by atoms with E-state index in [9.17, 15) is 0 Å². The van der Waals surface area contributed by atoms with E-state index in [1.165, 1.54) is 0 Å². The molecule has 0 atom stereocenters. The number of aromatic nitrogens is 2. The summed E-state index contributed by atoms with van der Waals surface area (Å²) < 4.78 is 13.4. The van der Waals surface area contributed by atoms with Crippen molar-refractivity contribution in [3.8, 4) is 11.5 Å². The van der Waals surface area contributed by atoms with Gasteiger partial charge >= 0.3 is 0 Å². The first kappa shape index (κ1) is 15.9. The molecule has 1 aromatic carbocycles. The van der Waals surface area contributed by atoms with E-state index in [0.29, 0.717) is 19.3 Å². The van der Waals surface area contributed by atoms with Crippen molar-refractivity contribution in [2.24, 2.45) is 0 Å². The van der Waals surface area contributed by atoms with Crippen molar-refractivity contribution in [2.75, 3.05) is 6.61 Å². The molecule has 0 spiro atoms. The summed E-state index contributed by atoms with van der Waals surface area (Å²) in [6.07, 6.45) is 1.97. The molecule has 0 N–H and O–H groups in total. The van der Waals surface area contributed by atoms with Gasteiger partial charge in [0, 0.05) is 17.6 Å². The Labute approximate surface area is 134 Å². The van der Waals surface area contributed by atoms with Crippen molar-refractivity contribution in [1.29, 1.82) is 0 Å². The zero-order chi connectivity index (χ0) is 15.2. The van der Waals surface area contributed by atoms with Gasteiger partial charge in [-0.15, -0.1) is 0 Å². The molecule has 0 saturated carbocycles. The van der Waals surface area contributed by atoms with Crippen LogP contribution < -0.4 is 9.47 Å². The highest BCUT2D eigenvalue weighted by Crippen LogP contribution is 2.29. The Morgan fingerprint density at radius 3 is 2.62 bits per heavy atom. The lowest BCUT2D eigenvalue weighted by molar-refractivity contribution is 0.265. The normalized spacial score (nSPS) is 10.9. The number of benzene rings is 1. The second-order valence-corrected chi connectivity index (χ2v) is 5.58. The largest absolute Gasteiger partial charge is 0.490 e. The monoisotopic (exact) mass is 352 g/mol. The van der Waals surface area contributed by atoms with Crippen LogP contribution >= 0.6 is 15.9 Å². The van der Waals surface area contributed by atoms with Crippen LogP contribution in [0.25, 0.3) is 0 Å². The highest BCUT2D eigenvalue weighted by Gasteiger charge is 2.08. The van der Waals surface area contributed by atoms with Gasteiger partial charge in [0.05, 0.1) is 12.3 Å². The molecule has 1 heterocycles. The number of hydrogen-bond acceptors (Lipinski definition) is 3. The molecule has 114 valence electrons. The van der Waals surface area contributed by atoms with Crippen LogP contribution in [-0.2, 0) is 11.9 Å². The van der Waals surface area contributed by atoms with E-state index in [2.05, 4.69) is 34.9 Å². The molecule has 0 aliphatic rings. The van der Waals surface area contributed by atoms with Gasteiger partial charge in [0.15, 0.2) is 11.5 Å². The second-order valence-electron chi connectivity index (χ2n) is 5.02. The summed E-state index contributed by atoms with van der Waals surface area (Å²) in [5, 5.41) is 5.28. The van der Waals surface area contributed by atoms with E-state index >= 15 is 0 Å². The maximum absolute atomic E-state index is 5.85. The Morgan fingerprint density at radius 1 is 1.19 bits per heavy atom. The van der Waals surface area contributed by atoms with Gasteiger partial charge in [-0.25, -0.2) is 0 Å². The van der Waals surface area contributed by atoms with Crippen LogP contribution in [-0.4, -0.2) is 16.4 Å². The molecule has 5 heteroatoms. The van der Waals surface area contributed by atoms with Crippen LogP contribution in [0.5, 0.6) is 11.5 Å². The van der Waals surface area contributed by atoms with E-state index < -0.39 is 0 Å². The summed E-state index contributed by atoms with van der Waals surface area (Å²) in [6, 6.07) is 8.31.